The Morgan fingerprint density at radius 1 is 1.00 bits per heavy atom. The summed E-state index contributed by atoms with van der Waals surface area (Å²) in [7, 11) is 4.42. The number of ether oxygens (including phenoxy) is 3. The lowest BCUT2D eigenvalue weighted by atomic mass is 9.71. The SMILES string of the molecule is COC(=O)C1=C(C)NC2=C(C(=O)C[C@H](c3ccc(OC)c(OC)c3)C2)[C@@H]1c1ccc([N+](=O)[O-])cc1. The molecule has 9 heteroatoms. The molecule has 0 unspecified atom stereocenters. The average Bonchev–Trinajstić information content (AvgIpc) is 2.86. The van der Waals surface area contributed by atoms with E-state index in [1.807, 2.05) is 18.2 Å². The number of carbonyl (C=O) groups is 2. The monoisotopic (exact) mass is 478 g/mol. The van der Waals surface area contributed by atoms with Crippen LogP contribution in [0.2, 0.25) is 0 Å². The lowest BCUT2D eigenvalue weighted by Crippen LogP contribution is -2.36. The molecule has 0 saturated carbocycles. The van der Waals surface area contributed by atoms with Gasteiger partial charge in [0.1, 0.15) is 0 Å². The Morgan fingerprint density at radius 2 is 1.66 bits per heavy atom. The van der Waals surface area contributed by atoms with Crippen molar-refractivity contribution in [3.05, 3.63) is 86.2 Å². The minimum Gasteiger partial charge on any atom is -0.493 e. The summed E-state index contributed by atoms with van der Waals surface area (Å²) >= 11 is 0. The fraction of sp³-hybridized carbons (Fsp3) is 0.308. The molecule has 2 aromatic rings. The van der Waals surface area contributed by atoms with Gasteiger partial charge in [-0.2, -0.15) is 0 Å². The van der Waals surface area contributed by atoms with Crippen molar-refractivity contribution in [2.24, 2.45) is 0 Å². The number of nitro groups is 1. The van der Waals surface area contributed by atoms with Crippen LogP contribution >= 0.6 is 0 Å². The summed E-state index contributed by atoms with van der Waals surface area (Å²) in [6, 6.07) is 11.5. The van der Waals surface area contributed by atoms with Gasteiger partial charge in [0.15, 0.2) is 17.3 Å². The molecule has 0 fully saturated rings. The Bertz CT molecular complexity index is 1260. The molecule has 1 N–H and O–H groups in total. The van der Waals surface area contributed by atoms with Crippen LogP contribution in [0.3, 0.4) is 0 Å². The summed E-state index contributed by atoms with van der Waals surface area (Å²) in [4.78, 5) is 37.0. The van der Waals surface area contributed by atoms with Gasteiger partial charge in [-0.1, -0.05) is 18.2 Å². The number of hydrogen-bond donors (Lipinski definition) is 1. The first-order valence-electron chi connectivity index (χ1n) is 11.1. The van der Waals surface area contributed by atoms with Crippen molar-refractivity contribution in [2.75, 3.05) is 21.3 Å². The van der Waals surface area contributed by atoms with Crippen LogP contribution in [0.5, 0.6) is 11.5 Å². The zero-order valence-electron chi connectivity index (χ0n) is 19.9. The van der Waals surface area contributed by atoms with Crippen LogP contribution in [0.4, 0.5) is 5.69 Å². The molecule has 0 radical (unpaired) electrons. The second-order valence-corrected chi connectivity index (χ2v) is 8.47. The van der Waals surface area contributed by atoms with Crippen molar-refractivity contribution in [1.82, 2.24) is 5.32 Å². The van der Waals surface area contributed by atoms with Gasteiger partial charge in [-0.05, 0) is 42.5 Å². The number of hydrogen-bond acceptors (Lipinski definition) is 8. The van der Waals surface area contributed by atoms with Crippen molar-refractivity contribution in [3.63, 3.8) is 0 Å². The van der Waals surface area contributed by atoms with Crippen molar-refractivity contribution >= 4 is 17.4 Å². The Morgan fingerprint density at radius 3 is 2.26 bits per heavy atom. The fourth-order valence-electron chi connectivity index (χ4n) is 4.88. The fourth-order valence-corrected chi connectivity index (χ4v) is 4.88. The van der Waals surface area contributed by atoms with E-state index < -0.39 is 16.8 Å². The first-order valence-corrected chi connectivity index (χ1v) is 11.1. The number of carbonyl (C=O) groups excluding carboxylic acids is 2. The number of methoxy groups -OCH3 is 3. The lowest BCUT2D eigenvalue weighted by molar-refractivity contribution is -0.384. The highest BCUT2D eigenvalue weighted by atomic mass is 16.6. The van der Waals surface area contributed by atoms with Gasteiger partial charge in [0.2, 0.25) is 0 Å². The summed E-state index contributed by atoms with van der Waals surface area (Å²) in [5.74, 6) is -0.247. The lowest BCUT2D eigenvalue weighted by Gasteiger charge is -2.36. The van der Waals surface area contributed by atoms with E-state index in [4.69, 9.17) is 14.2 Å². The van der Waals surface area contributed by atoms with E-state index in [1.165, 1.54) is 19.2 Å². The van der Waals surface area contributed by atoms with E-state index in [9.17, 15) is 19.7 Å². The molecular formula is C26H26N2O7. The molecule has 0 spiro atoms. The third-order valence-electron chi connectivity index (χ3n) is 6.55. The maximum absolute atomic E-state index is 13.6. The van der Waals surface area contributed by atoms with Crippen LogP contribution in [-0.2, 0) is 14.3 Å². The molecular weight excluding hydrogens is 452 g/mol. The van der Waals surface area contributed by atoms with Gasteiger partial charge in [0.05, 0.1) is 31.8 Å². The quantitative estimate of drug-likeness (QED) is 0.374. The van der Waals surface area contributed by atoms with Crippen LogP contribution in [-0.4, -0.2) is 38.0 Å². The second-order valence-electron chi connectivity index (χ2n) is 8.47. The number of nitrogens with one attached hydrogen (secondary N) is 1. The molecule has 0 bridgehead atoms. The summed E-state index contributed by atoms with van der Waals surface area (Å²) in [6.07, 6.45) is 0.790. The van der Waals surface area contributed by atoms with E-state index in [1.54, 1.807) is 33.3 Å². The average molecular weight is 479 g/mol. The molecule has 9 nitrogen and oxygen atoms in total. The predicted molar refractivity (Wildman–Crippen MR) is 127 cm³/mol. The molecule has 0 aromatic heterocycles. The Hall–Kier alpha value is -4.14. The number of dihydropyridines is 1. The Balaban J connectivity index is 1.77. The van der Waals surface area contributed by atoms with Crippen LogP contribution in [0, 0.1) is 10.1 Å². The van der Waals surface area contributed by atoms with Crippen LogP contribution in [0.25, 0.3) is 0 Å². The van der Waals surface area contributed by atoms with Crippen LogP contribution < -0.4 is 14.8 Å². The third-order valence-corrected chi connectivity index (χ3v) is 6.55. The maximum atomic E-state index is 13.6. The highest BCUT2D eigenvalue weighted by Gasteiger charge is 2.41. The van der Waals surface area contributed by atoms with Gasteiger partial charge >= 0.3 is 5.97 Å². The van der Waals surface area contributed by atoms with Gasteiger partial charge in [-0.25, -0.2) is 4.79 Å². The van der Waals surface area contributed by atoms with Gasteiger partial charge < -0.3 is 19.5 Å². The minimum atomic E-state index is -0.682. The topological polar surface area (TPSA) is 117 Å². The number of ketones is 1. The molecule has 35 heavy (non-hydrogen) atoms. The van der Waals surface area contributed by atoms with Gasteiger partial charge in [0, 0.05) is 41.4 Å². The first-order chi connectivity index (χ1) is 16.8. The molecule has 2 atom stereocenters. The largest absolute Gasteiger partial charge is 0.493 e. The Kier molecular flexibility index (Phi) is 6.59. The van der Waals surface area contributed by atoms with Gasteiger partial charge in [-0.3, -0.25) is 14.9 Å². The number of allylic oxidation sites excluding steroid dienone is 3. The molecule has 1 heterocycles. The van der Waals surface area contributed by atoms with E-state index in [0.29, 0.717) is 40.3 Å². The van der Waals surface area contributed by atoms with E-state index >= 15 is 0 Å². The third kappa shape index (κ3) is 4.37. The van der Waals surface area contributed by atoms with Crippen molar-refractivity contribution < 1.29 is 28.7 Å². The Labute approximate surface area is 202 Å². The molecule has 2 aliphatic rings. The maximum Gasteiger partial charge on any atom is 0.336 e. The van der Waals surface area contributed by atoms with Crippen molar-refractivity contribution in [2.45, 2.75) is 31.6 Å². The standard InChI is InChI=1S/C26H26N2O7/c1-14-23(26(30)35-4)24(15-5-8-18(9-6-15)28(31)32)25-19(27-14)11-17(12-20(25)29)16-7-10-21(33-2)22(13-16)34-3/h5-10,13,17,24,27H,11-12H2,1-4H3/t17-,24-/m1/s1. The number of nitro benzene ring substituents is 1. The van der Waals surface area contributed by atoms with Gasteiger partial charge in [0.25, 0.3) is 5.69 Å². The summed E-state index contributed by atoms with van der Waals surface area (Å²) in [5.41, 5.74) is 3.61. The molecule has 4 rings (SSSR count). The molecule has 182 valence electrons. The zero-order valence-corrected chi connectivity index (χ0v) is 19.9. The van der Waals surface area contributed by atoms with E-state index in [0.717, 1.165) is 11.3 Å². The minimum absolute atomic E-state index is 0.0688. The number of nitrogens with zero attached hydrogens (tertiary/aromatic N) is 1. The zero-order chi connectivity index (χ0) is 25.3. The number of non-ortho nitro benzene ring substituents is 1. The summed E-state index contributed by atoms with van der Waals surface area (Å²) < 4.78 is 15.8. The highest BCUT2D eigenvalue weighted by molar-refractivity contribution is 6.04. The van der Waals surface area contributed by atoms with Gasteiger partial charge in [-0.15, -0.1) is 0 Å². The highest BCUT2D eigenvalue weighted by Crippen LogP contribution is 2.46. The van der Waals surface area contributed by atoms with Crippen LogP contribution in [0.1, 0.15) is 42.7 Å². The normalized spacial score (nSPS) is 19.6. The smallest absolute Gasteiger partial charge is 0.336 e. The van der Waals surface area contributed by atoms with Crippen molar-refractivity contribution in [1.29, 1.82) is 0 Å². The molecule has 1 aliphatic carbocycles. The molecule has 1 aliphatic heterocycles. The van der Waals surface area contributed by atoms with E-state index in [2.05, 4.69) is 5.32 Å². The van der Waals surface area contributed by atoms with Crippen molar-refractivity contribution in [3.8, 4) is 11.5 Å². The number of Topliss-reactive ketones (excluding diaryl/α,β-unsaturated/α-hetero) is 1. The second kappa shape index (κ2) is 9.61. The van der Waals surface area contributed by atoms with E-state index in [-0.39, 0.29) is 23.8 Å². The summed E-state index contributed by atoms with van der Waals surface area (Å²) in [6.45, 7) is 1.76. The van der Waals surface area contributed by atoms with Crippen LogP contribution in [0.15, 0.2) is 65.0 Å². The molecule has 0 amide bonds. The molecule has 2 aromatic carbocycles. The molecule has 0 saturated heterocycles. The first kappa shape index (κ1) is 24.0. The number of benzene rings is 2. The predicted octanol–water partition coefficient (Wildman–Crippen LogP) is 4.15. The summed E-state index contributed by atoms with van der Waals surface area (Å²) in [5, 5.41) is 14.4. The number of esters is 1. The number of rotatable bonds is 6.